The van der Waals surface area contributed by atoms with Gasteiger partial charge in [-0.3, -0.25) is 24.1 Å². The number of hydrogen-bond donors (Lipinski definition) is 4. The van der Waals surface area contributed by atoms with E-state index in [-0.39, 0.29) is 12.2 Å². The van der Waals surface area contributed by atoms with Gasteiger partial charge in [-0.15, -0.1) is 0 Å². The Labute approximate surface area is 188 Å². The number of aryl methyl sites for hydroxylation is 1. The molecule has 1 atom stereocenters. The summed E-state index contributed by atoms with van der Waals surface area (Å²) in [4.78, 5) is 16.6. The largest absolute Gasteiger partial charge is 0.489 e. The molecule has 1 unspecified atom stereocenters. The van der Waals surface area contributed by atoms with Gasteiger partial charge in [-0.2, -0.15) is 10.6 Å². The SMILES string of the molecule is Cc1cc(COc2ccc(C3(CC(=O)NO)CCCCS3(O)O)cc2)c2ccccc2n1. The van der Waals surface area contributed by atoms with Crippen LogP contribution in [-0.4, -0.2) is 31.0 Å². The molecule has 0 bridgehead atoms. The van der Waals surface area contributed by atoms with Crippen molar-refractivity contribution in [2.45, 2.75) is 44.0 Å². The van der Waals surface area contributed by atoms with Crippen molar-refractivity contribution in [3.63, 3.8) is 0 Å². The van der Waals surface area contributed by atoms with Crippen LogP contribution in [0.2, 0.25) is 0 Å². The third-order valence-electron chi connectivity index (χ3n) is 6.16. The normalized spacial score (nSPS) is 21.1. The van der Waals surface area contributed by atoms with Crippen LogP contribution in [0.25, 0.3) is 10.9 Å². The first-order valence-electron chi connectivity index (χ1n) is 10.6. The highest BCUT2D eigenvalue weighted by molar-refractivity contribution is 8.25. The van der Waals surface area contributed by atoms with Crippen LogP contribution in [0.3, 0.4) is 0 Å². The summed E-state index contributed by atoms with van der Waals surface area (Å²) in [6, 6.07) is 17.1. The summed E-state index contributed by atoms with van der Waals surface area (Å²) < 4.78 is 26.6. The van der Waals surface area contributed by atoms with E-state index in [9.17, 15) is 13.9 Å². The Bertz CT molecular complexity index is 1120. The highest BCUT2D eigenvalue weighted by Crippen LogP contribution is 2.65. The minimum atomic E-state index is -3.06. The zero-order valence-electron chi connectivity index (χ0n) is 18.0. The van der Waals surface area contributed by atoms with Gasteiger partial charge < -0.3 is 4.74 Å². The second-order valence-corrected chi connectivity index (χ2v) is 10.8. The van der Waals surface area contributed by atoms with Gasteiger partial charge in [0.1, 0.15) is 12.4 Å². The Hall–Kier alpha value is -2.65. The smallest absolute Gasteiger partial charge is 0.245 e. The molecule has 32 heavy (non-hydrogen) atoms. The van der Waals surface area contributed by atoms with E-state index in [1.807, 2.05) is 37.3 Å². The van der Waals surface area contributed by atoms with Crippen LogP contribution in [0.1, 0.15) is 42.5 Å². The number of fused-ring (bicyclic) bond motifs is 1. The lowest BCUT2D eigenvalue weighted by atomic mass is 9.88. The van der Waals surface area contributed by atoms with Crippen molar-refractivity contribution in [1.29, 1.82) is 0 Å². The number of carbonyl (C=O) groups is 1. The van der Waals surface area contributed by atoms with Crippen LogP contribution in [0.4, 0.5) is 0 Å². The average Bonchev–Trinajstić information content (AvgIpc) is 2.79. The maximum atomic E-state index is 12.0. The van der Waals surface area contributed by atoms with Crippen molar-refractivity contribution in [3.8, 4) is 5.75 Å². The molecule has 4 rings (SSSR count). The van der Waals surface area contributed by atoms with Crippen molar-refractivity contribution in [2.24, 2.45) is 0 Å². The average molecular weight is 457 g/mol. The van der Waals surface area contributed by atoms with Crippen molar-refractivity contribution in [2.75, 3.05) is 5.75 Å². The van der Waals surface area contributed by atoms with E-state index < -0.39 is 21.2 Å². The summed E-state index contributed by atoms with van der Waals surface area (Å²) in [7, 11) is -3.06. The fourth-order valence-electron chi connectivity index (χ4n) is 4.54. The first kappa shape index (κ1) is 22.5. The third-order valence-corrected chi connectivity index (χ3v) is 8.85. The Morgan fingerprint density at radius 3 is 2.62 bits per heavy atom. The molecule has 0 radical (unpaired) electrons. The molecule has 1 aliphatic heterocycles. The van der Waals surface area contributed by atoms with E-state index >= 15 is 0 Å². The molecule has 1 aliphatic rings. The predicted octanol–water partition coefficient (Wildman–Crippen LogP) is 5.15. The Kier molecular flexibility index (Phi) is 6.39. The Morgan fingerprint density at radius 2 is 1.91 bits per heavy atom. The number of benzene rings is 2. The molecule has 170 valence electrons. The molecule has 2 heterocycles. The summed E-state index contributed by atoms with van der Waals surface area (Å²) in [6.45, 7) is 2.33. The molecule has 7 nitrogen and oxygen atoms in total. The molecule has 2 aromatic carbocycles. The lowest BCUT2D eigenvalue weighted by Gasteiger charge is -2.53. The molecule has 8 heteroatoms. The van der Waals surface area contributed by atoms with Gasteiger partial charge >= 0.3 is 0 Å². The topological polar surface area (TPSA) is 112 Å². The molecule has 1 fully saturated rings. The van der Waals surface area contributed by atoms with Gasteiger partial charge in [-0.1, -0.05) is 30.3 Å². The van der Waals surface area contributed by atoms with E-state index in [1.165, 1.54) is 0 Å². The fraction of sp³-hybridized carbons (Fsp3) is 0.333. The lowest BCUT2D eigenvalue weighted by molar-refractivity contribution is -0.130. The molecule has 0 aliphatic carbocycles. The van der Waals surface area contributed by atoms with Gasteiger partial charge in [0.25, 0.3) is 0 Å². The molecule has 3 aromatic rings. The summed E-state index contributed by atoms with van der Waals surface area (Å²) in [5, 5.41) is 10.1. The number of nitrogens with zero attached hydrogens (tertiary/aromatic N) is 1. The highest BCUT2D eigenvalue weighted by atomic mass is 32.3. The number of rotatable bonds is 6. The van der Waals surface area contributed by atoms with Crippen LogP contribution < -0.4 is 10.2 Å². The molecule has 4 N–H and O–H groups in total. The van der Waals surface area contributed by atoms with E-state index in [2.05, 4.69) is 4.98 Å². The summed E-state index contributed by atoms with van der Waals surface area (Å²) in [5.41, 5.74) is 5.18. The molecule has 0 saturated carbocycles. The summed E-state index contributed by atoms with van der Waals surface area (Å²) in [5.74, 6) is 0.256. The standard InChI is InChI=1S/C24H28N2O5S/c1-17-14-18(21-6-2-3-7-22(21)25-17)16-31-20-10-8-19(9-11-20)24(15-23(27)26-28)12-4-5-13-32(24,29)30/h2-3,6-11,14,28-30H,4-5,12-13,15-16H2,1H3,(H,26,27). The number of aromatic nitrogens is 1. The predicted molar refractivity (Wildman–Crippen MR) is 125 cm³/mol. The maximum absolute atomic E-state index is 12.0. The van der Waals surface area contributed by atoms with E-state index in [4.69, 9.17) is 9.94 Å². The van der Waals surface area contributed by atoms with Gasteiger partial charge in [0, 0.05) is 22.4 Å². The van der Waals surface area contributed by atoms with Gasteiger partial charge in [0.2, 0.25) is 5.91 Å². The number of hydrogen-bond acceptors (Lipinski definition) is 6. The maximum Gasteiger partial charge on any atom is 0.245 e. The second kappa shape index (κ2) is 9.07. The molecule has 0 spiro atoms. The van der Waals surface area contributed by atoms with Crippen molar-refractivity contribution >= 4 is 27.4 Å². The van der Waals surface area contributed by atoms with Gasteiger partial charge in [0.05, 0.1) is 16.7 Å². The summed E-state index contributed by atoms with van der Waals surface area (Å²) in [6.07, 6.45) is 1.76. The van der Waals surface area contributed by atoms with Crippen molar-refractivity contribution < 1.29 is 23.8 Å². The monoisotopic (exact) mass is 456 g/mol. The zero-order chi connectivity index (χ0) is 22.8. The quantitative estimate of drug-likeness (QED) is 0.302. The number of pyridine rings is 1. The number of para-hydroxylation sites is 1. The van der Waals surface area contributed by atoms with Gasteiger partial charge in [0.15, 0.2) is 0 Å². The van der Waals surface area contributed by atoms with Crippen LogP contribution in [0.5, 0.6) is 5.75 Å². The molecule has 1 aromatic heterocycles. The second-order valence-electron chi connectivity index (χ2n) is 8.29. The van der Waals surface area contributed by atoms with Gasteiger partial charge in [-0.05, 0) is 56.0 Å². The highest BCUT2D eigenvalue weighted by Gasteiger charge is 2.48. The molecular formula is C24H28N2O5S. The van der Waals surface area contributed by atoms with E-state index in [1.54, 1.807) is 29.7 Å². The summed E-state index contributed by atoms with van der Waals surface area (Å²) >= 11 is 0. The molecular weight excluding hydrogens is 428 g/mol. The number of nitrogens with one attached hydrogen (secondary N) is 1. The van der Waals surface area contributed by atoms with E-state index in [0.717, 1.165) is 28.6 Å². The number of carbonyl (C=O) groups excluding carboxylic acids is 1. The third kappa shape index (κ3) is 4.31. The van der Waals surface area contributed by atoms with E-state index in [0.29, 0.717) is 30.8 Å². The Morgan fingerprint density at radius 1 is 1.16 bits per heavy atom. The van der Waals surface area contributed by atoms with Crippen LogP contribution in [0.15, 0.2) is 54.6 Å². The zero-order valence-corrected chi connectivity index (χ0v) is 18.8. The Balaban J connectivity index is 1.58. The van der Waals surface area contributed by atoms with Crippen LogP contribution in [-0.2, 0) is 16.1 Å². The van der Waals surface area contributed by atoms with Crippen molar-refractivity contribution in [3.05, 3.63) is 71.4 Å². The van der Waals surface area contributed by atoms with Crippen LogP contribution in [0, 0.1) is 6.92 Å². The first-order chi connectivity index (χ1) is 15.3. The minimum absolute atomic E-state index is 0.186. The number of ether oxygens (including phenoxy) is 1. The van der Waals surface area contributed by atoms with Gasteiger partial charge in [-0.25, -0.2) is 5.48 Å². The molecule has 1 saturated heterocycles. The first-order valence-corrected chi connectivity index (χ1v) is 12.3. The number of hydroxylamine groups is 1. The molecule has 1 amide bonds. The van der Waals surface area contributed by atoms with Crippen LogP contribution >= 0.6 is 10.6 Å². The lowest BCUT2D eigenvalue weighted by Crippen LogP contribution is -2.41. The van der Waals surface area contributed by atoms with Crippen molar-refractivity contribution in [1.82, 2.24) is 10.5 Å². The fourth-order valence-corrected chi connectivity index (χ4v) is 6.89. The minimum Gasteiger partial charge on any atom is -0.489 e. The number of amides is 1.